The van der Waals surface area contributed by atoms with Gasteiger partial charge in [0.25, 0.3) is 0 Å². The summed E-state index contributed by atoms with van der Waals surface area (Å²) in [5.74, 6) is 0.660. The highest BCUT2D eigenvalue weighted by Gasteiger charge is 2.16. The normalized spacial score (nSPS) is 17.7. The number of fused-ring (bicyclic) bond motifs is 1. The van der Waals surface area contributed by atoms with Crippen LogP contribution < -0.4 is 0 Å². The standard InChI is InChI=1S/C12H14BrN3O/c13-10-2-1-3-11-12(10)14-15-16(11)8-9-4-6-17-7-5-9/h1-3,9H,4-8H2. The molecule has 1 aliphatic rings. The number of nitrogens with zero attached hydrogens (tertiary/aromatic N) is 3. The summed E-state index contributed by atoms with van der Waals surface area (Å²) in [5, 5.41) is 8.46. The van der Waals surface area contributed by atoms with Crippen LogP contribution in [0.25, 0.3) is 11.0 Å². The molecule has 2 heterocycles. The van der Waals surface area contributed by atoms with Crippen LogP contribution in [-0.4, -0.2) is 28.2 Å². The Balaban J connectivity index is 1.87. The molecule has 0 aliphatic carbocycles. The third-order valence-corrected chi connectivity index (χ3v) is 3.91. The van der Waals surface area contributed by atoms with Gasteiger partial charge in [0.2, 0.25) is 0 Å². The minimum absolute atomic E-state index is 0.660. The first-order valence-corrected chi connectivity index (χ1v) is 6.69. The highest BCUT2D eigenvalue weighted by atomic mass is 79.9. The summed E-state index contributed by atoms with van der Waals surface area (Å²) in [6, 6.07) is 6.09. The lowest BCUT2D eigenvalue weighted by Gasteiger charge is -2.21. The molecule has 0 amide bonds. The van der Waals surface area contributed by atoms with Crippen molar-refractivity contribution in [3.05, 3.63) is 22.7 Å². The van der Waals surface area contributed by atoms with E-state index in [1.165, 1.54) is 0 Å². The van der Waals surface area contributed by atoms with Gasteiger partial charge in [0, 0.05) is 24.2 Å². The molecular weight excluding hydrogens is 282 g/mol. The van der Waals surface area contributed by atoms with Crippen LogP contribution in [0.1, 0.15) is 12.8 Å². The fourth-order valence-corrected chi connectivity index (χ4v) is 2.70. The Kier molecular flexibility index (Phi) is 3.11. The average molecular weight is 296 g/mol. The molecule has 4 nitrogen and oxygen atoms in total. The van der Waals surface area contributed by atoms with Crippen LogP contribution >= 0.6 is 15.9 Å². The van der Waals surface area contributed by atoms with Gasteiger partial charge in [-0.05, 0) is 46.8 Å². The highest BCUT2D eigenvalue weighted by Crippen LogP contribution is 2.23. The molecule has 2 aromatic rings. The second-order valence-corrected chi connectivity index (χ2v) is 5.29. The summed E-state index contributed by atoms with van der Waals surface area (Å²) < 4.78 is 8.39. The monoisotopic (exact) mass is 295 g/mol. The van der Waals surface area contributed by atoms with Gasteiger partial charge < -0.3 is 4.74 Å². The molecule has 1 aromatic carbocycles. The van der Waals surface area contributed by atoms with Crippen LogP contribution in [0.5, 0.6) is 0 Å². The van der Waals surface area contributed by atoms with E-state index < -0.39 is 0 Å². The van der Waals surface area contributed by atoms with Crippen molar-refractivity contribution < 1.29 is 4.74 Å². The van der Waals surface area contributed by atoms with Crippen LogP contribution in [-0.2, 0) is 11.3 Å². The van der Waals surface area contributed by atoms with Crippen molar-refractivity contribution >= 4 is 27.0 Å². The van der Waals surface area contributed by atoms with Gasteiger partial charge in [-0.1, -0.05) is 11.3 Å². The summed E-state index contributed by atoms with van der Waals surface area (Å²) >= 11 is 3.50. The number of aromatic nitrogens is 3. The van der Waals surface area contributed by atoms with Gasteiger partial charge in [0.15, 0.2) is 0 Å². The Morgan fingerprint density at radius 1 is 1.35 bits per heavy atom. The zero-order chi connectivity index (χ0) is 11.7. The van der Waals surface area contributed by atoms with Crippen LogP contribution in [0, 0.1) is 5.92 Å². The summed E-state index contributed by atoms with van der Waals surface area (Å²) in [5.41, 5.74) is 2.05. The minimum Gasteiger partial charge on any atom is -0.381 e. The molecule has 0 atom stereocenters. The summed E-state index contributed by atoms with van der Waals surface area (Å²) in [4.78, 5) is 0. The molecule has 1 aliphatic heterocycles. The maximum Gasteiger partial charge on any atom is 0.127 e. The van der Waals surface area contributed by atoms with Gasteiger partial charge in [0.1, 0.15) is 5.52 Å². The maximum absolute atomic E-state index is 5.37. The minimum atomic E-state index is 0.660. The Morgan fingerprint density at radius 3 is 3.00 bits per heavy atom. The molecule has 17 heavy (non-hydrogen) atoms. The van der Waals surface area contributed by atoms with Crippen molar-refractivity contribution in [1.29, 1.82) is 0 Å². The van der Waals surface area contributed by atoms with Crippen molar-refractivity contribution in [2.24, 2.45) is 5.92 Å². The first-order chi connectivity index (χ1) is 8.34. The number of benzene rings is 1. The summed E-state index contributed by atoms with van der Waals surface area (Å²) in [6.45, 7) is 2.69. The Hall–Kier alpha value is -0.940. The van der Waals surface area contributed by atoms with E-state index in [9.17, 15) is 0 Å². The fourth-order valence-electron chi connectivity index (χ4n) is 2.27. The molecule has 1 fully saturated rings. The number of rotatable bonds is 2. The van der Waals surface area contributed by atoms with Crippen molar-refractivity contribution in [2.75, 3.05) is 13.2 Å². The summed E-state index contributed by atoms with van der Waals surface area (Å²) in [7, 11) is 0. The molecule has 5 heteroatoms. The van der Waals surface area contributed by atoms with E-state index in [-0.39, 0.29) is 0 Å². The van der Waals surface area contributed by atoms with E-state index in [1.807, 2.05) is 16.8 Å². The third-order valence-electron chi connectivity index (χ3n) is 3.27. The molecule has 0 spiro atoms. The van der Waals surface area contributed by atoms with Crippen molar-refractivity contribution in [3.63, 3.8) is 0 Å². The number of hydrogen-bond acceptors (Lipinski definition) is 3. The molecule has 0 unspecified atom stereocenters. The molecule has 0 N–H and O–H groups in total. The van der Waals surface area contributed by atoms with Crippen molar-refractivity contribution in [3.8, 4) is 0 Å². The third kappa shape index (κ3) is 2.21. The van der Waals surface area contributed by atoms with E-state index in [2.05, 4.69) is 32.3 Å². The molecule has 0 bridgehead atoms. The predicted octanol–water partition coefficient (Wildman–Crippen LogP) is 2.62. The maximum atomic E-state index is 5.37. The largest absolute Gasteiger partial charge is 0.381 e. The average Bonchev–Trinajstić information content (AvgIpc) is 2.76. The van der Waals surface area contributed by atoms with Gasteiger partial charge in [-0.25, -0.2) is 4.68 Å². The van der Waals surface area contributed by atoms with E-state index in [4.69, 9.17) is 4.74 Å². The molecule has 1 aromatic heterocycles. The topological polar surface area (TPSA) is 39.9 Å². The molecule has 1 saturated heterocycles. The van der Waals surface area contributed by atoms with Crippen LogP contribution in [0.3, 0.4) is 0 Å². The highest BCUT2D eigenvalue weighted by molar-refractivity contribution is 9.10. The van der Waals surface area contributed by atoms with E-state index in [1.54, 1.807) is 0 Å². The lowest BCUT2D eigenvalue weighted by molar-refractivity contribution is 0.0604. The Bertz CT molecular complexity index is 519. The first kappa shape index (κ1) is 11.2. The lowest BCUT2D eigenvalue weighted by Crippen LogP contribution is -2.20. The van der Waals surface area contributed by atoms with Crippen molar-refractivity contribution in [2.45, 2.75) is 19.4 Å². The zero-order valence-electron chi connectivity index (χ0n) is 9.47. The second kappa shape index (κ2) is 4.74. The van der Waals surface area contributed by atoms with Crippen LogP contribution in [0.4, 0.5) is 0 Å². The van der Waals surface area contributed by atoms with Crippen LogP contribution in [0.2, 0.25) is 0 Å². The van der Waals surface area contributed by atoms with E-state index in [0.29, 0.717) is 5.92 Å². The number of hydrogen-bond donors (Lipinski definition) is 0. The van der Waals surface area contributed by atoms with Crippen LogP contribution in [0.15, 0.2) is 22.7 Å². The molecule has 0 radical (unpaired) electrons. The quantitative estimate of drug-likeness (QED) is 0.855. The van der Waals surface area contributed by atoms with Gasteiger partial charge >= 0.3 is 0 Å². The van der Waals surface area contributed by atoms with Gasteiger partial charge in [-0.15, -0.1) is 5.10 Å². The number of halogens is 1. The number of ether oxygens (including phenoxy) is 1. The molecule has 0 saturated carbocycles. The van der Waals surface area contributed by atoms with Gasteiger partial charge in [0.05, 0.1) is 5.52 Å². The van der Waals surface area contributed by atoms with Crippen molar-refractivity contribution in [1.82, 2.24) is 15.0 Å². The smallest absolute Gasteiger partial charge is 0.127 e. The van der Waals surface area contributed by atoms with Gasteiger partial charge in [-0.3, -0.25) is 0 Å². The van der Waals surface area contributed by atoms with E-state index >= 15 is 0 Å². The Morgan fingerprint density at radius 2 is 2.18 bits per heavy atom. The zero-order valence-corrected chi connectivity index (χ0v) is 11.1. The predicted molar refractivity (Wildman–Crippen MR) is 68.8 cm³/mol. The first-order valence-electron chi connectivity index (χ1n) is 5.90. The summed E-state index contributed by atoms with van der Waals surface area (Å²) in [6.07, 6.45) is 2.24. The van der Waals surface area contributed by atoms with Gasteiger partial charge in [-0.2, -0.15) is 0 Å². The molecular formula is C12H14BrN3O. The molecule has 3 rings (SSSR count). The fraction of sp³-hybridized carbons (Fsp3) is 0.500. The lowest BCUT2D eigenvalue weighted by atomic mass is 10.0. The second-order valence-electron chi connectivity index (χ2n) is 4.43. The SMILES string of the molecule is Brc1cccc2c1nnn2CC1CCOCC1. The molecule has 90 valence electrons. The van der Waals surface area contributed by atoms with E-state index in [0.717, 1.165) is 48.1 Å². The Labute approximate surface area is 108 Å².